The van der Waals surface area contributed by atoms with Crippen LogP contribution in [-0.4, -0.2) is 28.2 Å². The van der Waals surface area contributed by atoms with E-state index in [-0.39, 0.29) is 5.56 Å². The van der Waals surface area contributed by atoms with Crippen molar-refractivity contribution in [2.75, 3.05) is 5.32 Å². The fraction of sp³-hybridized carbons (Fsp3) is 0.176. The van der Waals surface area contributed by atoms with Crippen molar-refractivity contribution in [2.45, 2.75) is 19.9 Å². The summed E-state index contributed by atoms with van der Waals surface area (Å²) in [5.41, 5.74) is 3.82. The molecular weight excluding hydrogens is 404 g/mol. The second kappa shape index (κ2) is 8.43. The van der Waals surface area contributed by atoms with Crippen LogP contribution in [0.15, 0.2) is 46.0 Å². The van der Waals surface area contributed by atoms with Crippen LogP contribution in [-0.2, 0) is 4.79 Å². The normalized spacial score (nSPS) is 12.0. The van der Waals surface area contributed by atoms with Crippen LogP contribution in [0, 0.1) is 17.0 Å². The van der Waals surface area contributed by atoms with Crippen molar-refractivity contribution in [3.05, 3.63) is 62.1 Å². The first-order valence-corrected chi connectivity index (χ1v) is 8.41. The number of phenols is 1. The van der Waals surface area contributed by atoms with Crippen LogP contribution in [0.5, 0.6) is 5.75 Å². The van der Waals surface area contributed by atoms with Crippen LogP contribution in [0.2, 0.25) is 0 Å². The number of benzene rings is 2. The van der Waals surface area contributed by atoms with Gasteiger partial charge in [-0.15, -0.1) is 0 Å². The molecule has 2 rings (SSSR count). The summed E-state index contributed by atoms with van der Waals surface area (Å²) in [5, 5.41) is 27.6. The summed E-state index contributed by atoms with van der Waals surface area (Å²) < 4.78 is 0.407. The number of hydrogen-bond donors (Lipinski definition) is 3. The zero-order valence-corrected chi connectivity index (χ0v) is 15.6. The fourth-order valence-corrected chi connectivity index (χ4v) is 2.60. The Balaban J connectivity index is 2.05. The van der Waals surface area contributed by atoms with E-state index in [0.29, 0.717) is 4.47 Å². The summed E-state index contributed by atoms with van der Waals surface area (Å²) in [6, 6.07) is 9.63. The number of rotatable bonds is 6. The average molecular weight is 421 g/mol. The van der Waals surface area contributed by atoms with Gasteiger partial charge in [0.2, 0.25) is 5.75 Å². The van der Waals surface area contributed by atoms with Gasteiger partial charge < -0.3 is 10.4 Å². The van der Waals surface area contributed by atoms with E-state index in [4.69, 9.17) is 0 Å². The molecule has 26 heavy (non-hydrogen) atoms. The zero-order chi connectivity index (χ0) is 19.3. The number of aromatic hydroxyl groups is 1. The molecule has 1 amide bonds. The summed E-state index contributed by atoms with van der Waals surface area (Å²) in [5.74, 6) is -0.921. The minimum atomic E-state index is -0.704. The lowest BCUT2D eigenvalue weighted by Gasteiger charge is -2.15. The number of hydrazone groups is 1. The van der Waals surface area contributed by atoms with Gasteiger partial charge in [-0.2, -0.15) is 5.10 Å². The molecule has 0 saturated carbocycles. The maximum Gasteiger partial charge on any atom is 0.312 e. The summed E-state index contributed by atoms with van der Waals surface area (Å²) in [6.07, 6.45) is 1.14. The van der Waals surface area contributed by atoms with E-state index in [1.54, 1.807) is 6.92 Å². The smallest absolute Gasteiger partial charge is 0.312 e. The predicted octanol–water partition coefficient (Wildman–Crippen LogP) is 3.32. The molecule has 0 saturated heterocycles. The number of nitrogens with one attached hydrogen (secondary N) is 2. The van der Waals surface area contributed by atoms with Crippen molar-refractivity contribution in [1.29, 1.82) is 0 Å². The van der Waals surface area contributed by atoms with Crippen molar-refractivity contribution in [3.63, 3.8) is 0 Å². The molecule has 0 aliphatic heterocycles. The van der Waals surface area contributed by atoms with Crippen molar-refractivity contribution < 1.29 is 14.8 Å². The third kappa shape index (κ3) is 4.79. The quantitative estimate of drug-likeness (QED) is 0.376. The number of para-hydroxylation sites is 1. The lowest BCUT2D eigenvalue weighted by atomic mass is 10.2. The lowest BCUT2D eigenvalue weighted by molar-refractivity contribution is -0.385. The Bertz CT molecular complexity index is 870. The maximum atomic E-state index is 12.1. The zero-order valence-electron chi connectivity index (χ0n) is 14.1. The van der Waals surface area contributed by atoms with Gasteiger partial charge in [0.25, 0.3) is 5.91 Å². The molecule has 2 aromatic rings. The van der Waals surface area contributed by atoms with E-state index in [0.717, 1.165) is 17.5 Å². The first kappa shape index (κ1) is 19.4. The highest BCUT2D eigenvalue weighted by atomic mass is 79.9. The monoisotopic (exact) mass is 420 g/mol. The molecule has 1 atom stereocenters. The minimum absolute atomic E-state index is 0.103. The number of hydrogen-bond acceptors (Lipinski definition) is 6. The highest BCUT2D eigenvalue weighted by Crippen LogP contribution is 2.32. The van der Waals surface area contributed by atoms with Crippen LogP contribution in [0.4, 0.5) is 11.4 Å². The van der Waals surface area contributed by atoms with Crippen LogP contribution >= 0.6 is 15.9 Å². The van der Waals surface area contributed by atoms with Crippen molar-refractivity contribution in [2.24, 2.45) is 5.10 Å². The molecule has 0 fully saturated rings. The number of anilines is 1. The van der Waals surface area contributed by atoms with Gasteiger partial charge in [-0.05, 0) is 31.5 Å². The van der Waals surface area contributed by atoms with E-state index in [1.165, 1.54) is 12.1 Å². The van der Waals surface area contributed by atoms with Crippen LogP contribution in [0.25, 0.3) is 0 Å². The summed E-state index contributed by atoms with van der Waals surface area (Å²) in [6.45, 7) is 3.60. The molecule has 0 aliphatic carbocycles. The summed E-state index contributed by atoms with van der Waals surface area (Å²) in [4.78, 5) is 22.3. The van der Waals surface area contributed by atoms with E-state index >= 15 is 0 Å². The SMILES string of the molecule is Cc1ccccc1NC(C)C(=O)NN=Cc1cc(Br)cc([N+](=O)[O-])c1O. The van der Waals surface area contributed by atoms with Gasteiger partial charge in [0, 0.05) is 21.8 Å². The Hall–Kier alpha value is -2.94. The maximum absolute atomic E-state index is 12.1. The topological polar surface area (TPSA) is 117 Å². The second-order valence-corrected chi connectivity index (χ2v) is 6.45. The van der Waals surface area contributed by atoms with E-state index in [1.807, 2.05) is 31.2 Å². The molecule has 3 N–H and O–H groups in total. The average Bonchev–Trinajstić information content (AvgIpc) is 2.59. The van der Waals surface area contributed by atoms with Crippen LogP contribution < -0.4 is 10.7 Å². The lowest BCUT2D eigenvalue weighted by Crippen LogP contribution is -2.35. The second-order valence-electron chi connectivity index (χ2n) is 5.54. The first-order chi connectivity index (χ1) is 12.3. The van der Waals surface area contributed by atoms with E-state index in [2.05, 4.69) is 31.8 Å². The molecule has 0 spiro atoms. The molecule has 0 bridgehead atoms. The van der Waals surface area contributed by atoms with Gasteiger partial charge in [0.15, 0.2) is 0 Å². The summed E-state index contributed by atoms with van der Waals surface area (Å²) >= 11 is 3.13. The molecule has 136 valence electrons. The van der Waals surface area contributed by atoms with Gasteiger partial charge in [-0.3, -0.25) is 14.9 Å². The van der Waals surface area contributed by atoms with E-state index < -0.39 is 28.3 Å². The molecule has 8 nitrogen and oxygen atoms in total. The molecule has 0 heterocycles. The van der Waals surface area contributed by atoms with Crippen molar-refractivity contribution in [3.8, 4) is 5.75 Å². The molecule has 0 radical (unpaired) electrons. The number of nitrogens with zero attached hydrogens (tertiary/aromatic N) is 2. The molecule has 0 aliphatic rings. The Morgan fingerprint density at radius 2 is 2.08 bits per heavy atom. The standard InChI is InChI=1S/C17H17BrN4O4/c1-10-5-3-4-6-14(10)20-11(2)17(24)21-19-9-12-7-13(18)8-15(16(12)23)22(25)26/h3-9,11,20,23H,1-2H3,(H,21,24). The third-order valence-corrected chi connectivity index (χ3v) is 4.03. The van der Waals surface area contributed by atoms with Crippen LogP contribution in [0.1, 0.15) is 18.1 Å². The van der Waals surface area contributed by atoms with Gasteiger partial charge in [0.05, 0.1) is 11.1 Å². The molecule has 2 aromatic carbocycles. The van der Waals surface area contributed by atoms with Crippen molar-refractivity contribution in [1.82, 2.24) is 5.43 Å². The number of nitro groups is 1. The molecular formula is C17H17BrN4O4. The van der Waals surface area contributed by atoms with Gasteiger partial charge in [-0.1, -0.05) is 34.1 Å². The number of nitro benzene ring substituents is 1. The number of carbonyl (C=O) groups is 1. The Labute approximate surface area is 158 Å². The van der Waals surface area contributed by atoms with Gasteiger partial charge in [0.1, 0.15) is 6.04 Å². The fourth-order valence-electron chi connectivity index (χ4n) is 2.14. The molecule has 9 heteroatoms. The van der Waals surface area contributed by atoms with E-state index in [9.17, 15) is 20.0 Å². The first-order valence-electron chi connectivity index (χ1n) is 7.61. The largest absolute Gasteiger partial charge is 0.502 e. The van der Waals surface area contributed by atoms with Crippen molar-refractivity contribution >= 4 is 39.4 Å². The molecule has 1 unspecified atom stereocenters. The number of aryl methyl sites for hydroxylation is 1. The predicted molar refractivity (Wildman–Crippen MR) is 102 cm³/mol. The minimum Gasteiger partial charge on any atom is -0.502 e. The number of phenolic OH excluding ortho intramolecular Hbond substituents is 1. The Morgan fingerprint density at radius 3 is 2.73 bits per heavy atom. The Kier molecular flexibility index (Phi) is 6.29. The Morgan fingerprint density at radius 1 is 1.38 bits per heavy atom. The molecule has 0 aromatic heterocycles. The highest BCUT2D eigenvalue weighted by molar-refractivity contribution is 9.10. The third-order valence-electron chi connectivity index (χ3n) is 3.57. The number of halogens is 1. The highest BCUT2D eigenvalue weighted by Gasteiger charge is 2.18. The van der Waals surface area contributed by atoms with Crippen LogP contribution in [0.3, 0.4) is 0 Å². The number of carbonyl (C=O) groups excluding carboxylic acids is 1. The van der Waals surface area contributed by atoms with Gasteiger partial charge >= 0.3 is 5.69 Å². The van der Waals surface area contributed by atoms with Gasteiger partial charge in [-0.25, -0.2) is 5.43 Å². The number of amides is 1. The summed E-state index contributed by atoms with van der Waals surface area (Å²) in [7, 11) is 0.